The van der Waals surface area contributed by atoms with E-state index in [1.807, 2.05) is 0 Å². The summed E-state index contributed by atoms with van der Waals surface area (Å²) < 4.78 is 4.90. The van der Waals surface area contributed by atoms with Crippen molar-refractivity contribution in [3.8, 4) is 0 Å². The Bertz CT molecular complexity index is 181. The second kappa shape index (κ2) is 3.38. The molecule has 0 saturated carbocycles. The lowest BCUT2D eigenvalue weighted by molar-refractivity contribution is -0.151. The molecule has 0 amide bonds. The summed E-state index contributed by atoms with van der Waals surface area (Å²) in [6.45, 7) is 1.23. The van der Waals surface area contributed by atoms with Gasteiger partial charge in [-0.2, -0.15) is 0 Å². The van der Waals surface area contributed by atoms with Gasteiger partial charge in [-0.3, -0.25) is 0 Å². The van der Waals surface area contributed by atoms with Crippen LogP contribution in [0.1, 0.15) is 6.92 Å². The third kappa shape index (κ3) is 1.43. The van der Waals surface area contributed by atoms with Crippen LogP contribution >= 0.6 is 0 Å². The van der Waals surface area contributed by atoms with Gasteiger partial charge in [0.25, 0.3) is 0 Å². The van der Waals surface area contributed by atoms with E-state index in [1.165, 1.54) is 0 Å². The lowest BCUT2D eigenvalue weighted by Gasteiger charge is -2.11. The van der Waals surface area contributed by atoms with Gasteiger partial charge in [-0.25, -0.2) is 4.79 Å². The fourth-order valence-corrected chi connectivity index (χ4v) is 1.34. The number of aliphatic hydroxyl groups is 2. The van der Waals surface area contributed by atoms with Gasteiger partial charge in [0, 0.05) is 5.92 Å². The van der Waals surface area contributed by atoms with Gasteiger partial charge in [0.1, 0.15) is 6.10 Å². The third-order valence-electron chi connectivity index (χ3n) is 2.14. The molecule has 1 aliphatic heterocycles. The molecule has 3 N–H and O–H groups in total. The number of hydrogen-bond acceptors (Lipinski definition) is 4. The average Bonchev–Trinajstić information content (AvgIpc) is 2.30. The molecule has 0 aliphatic carbocycles. The normalized spacial score (nSPS) is 41.6. The summed E-state index contributed by atoms with van der Waals surface area (Å²) in [5, 5.41) is 26.6. The molecule has 5 heteroatoms. The summed E-state index contributed by atoms with van der Waals surface area (Å²) in [6, 6.07) is 0. The Morgan fingerprint density at radius 2 is 2.17 bits per heavy atom. The predicted molar refractivity (Wildman–Crippen MR) is 38.6 cm³/mol. The van der Waals surface area contributed by atoms with Crippen molar-refractivity contribution in [3.05, 3.63) is 0 Å². The minimum absolute atomic E-state index is 0.352. The van der Waals surface area contributed by atoms with E-state index in [9.17, 15) is 9.90 Å². The molecule has 0 aromatic rings. The molecule has 1 unspecified atom stereocenters. The van der Waals surface area contributed by atoms with Crippen molar-refractivity contribution in [2.24, 2.45) is 5.92 Å². The highest BCUT2D eigenvalue weighted by Crippen LogP contribution is 2.26. The zero-order chi connectivity index (χ0) is 9.30. The molecular formula is C7H12O5. The van der Waals surface area contributed by atoms with Gasteiger partial charge in [-0.1, -0.05) is 6.92 Å². The molecule has 1 aliphatic rings. The lowest BCUT2D eigenvalue weighted by atomic mass is 9.99. The summed E-state index contributed by atoms with van der Waals surface area (Å²) in [6.07, 6.45) is -2.66. The molecule has 70 valence electrons. The average molecular weight is 176 g/mol. The molecule has 1 saturated heterocycles. The molecule has 0 aromatic carbocycles. The quantitative estimate of drug-likeness (QED) is 0.493. The van der Waals surface area contributed by atoms with Crippen LogP contribution in [0.5, 0.6) is 0 Å². The SMILES string of the molecule is CC1[C@@H](C(=O)O)O[C@H](CO)[C@@H]1O. The maximum absolute atomic E-state index is 10.5. The van der Waals surface area contributed by atoms with Gasteiger partial charge < -0.3 is 20.1 Å². The number of aliphatic hydroxyl groups excluding tert-OH is 2. The highest BCUT2D eigenvalue weighted by Gasteiger charge is 2.44. The van der Waals surface area contributed by atoms with Crippen LogP contribution in [0.15, 0.2) is 0 Å². The summed E-state index contributed by atoms with van der Waals surface area (Å²) >= 11 is 0. The minimum Gasteiger partial charge on any atom is -0.479 e. The molecule has 0 radical (unpaired) electrons. The Hall–Kier alpha value is -0.650. The second-order valence-corrected chi connectivity index (χ2v) is 2.97. The van der Waals surface area contributed by atoms with E-state index in [2.05, 4.69) is 0 Å². The van der Waals surface area contributed by atoms with E-state index < -0.39 is 30.2 Å². The molecule has 1 fully saturated rings. The van der Waals surface area contributed by atoms with Crippen molar-refractivity contribution in [3.63, 3.8) is 0 Å². The first kappa shape index (κ1) is 9.44. The molecule has 4 atom stereocenters. The van der Waals surface area contributed by atoms with Crippen LogP contribution in [0, 0.1) is 5.92 Å². The first-order valence-electron chi connectivity index (χ1n) is 3.75. The largest absolute Gasteiger partial charge is 0.479 e. The predicted octanol–water partition coefficient (Wildman–Crippen LogP) is -1.17. The van der Waals surface area contributed by atoms with E-state index in [4.69, 9.17) is 14.9 Å². The van der Waals surface area contributed by atoms with E-state index in [0.717, 1.165) is 0 Å². The van der Waals surface area contributed by atoms with Crippen LogP contribution in [0.2, 0.25) is 0 Å². The first-order valence-corrected chi connectivity index (χ1v) is 3.75. The Morgan fingerprint density at radius 3 is 2.42 bits per heavy atom. The van der Waals surface area contributed by atoms with E-state index in [1.54, 1.807) is 6.92 Å². The Kier molecular flexibility index (Phi) is 2.66. The van der Waals surface area contributed by atoms with Gasteiger partial charge in [0.2, 0.25) is 0 Å². The maximum Gasteiger partial charge on any atom is 0.333 e. The molecule has 0 spiro atoms. The number of aliphatic carboxylic acids is 1. The van der Waals surface area contributed by atoms with Crippen molar-refractivity contribution >= 4 is 5.97 Å². The smallest absolute Gasteiger partial charge is 0.333 e. The number of ether oxygens (including phenoxy) is 1. The molecule has 0 aromatic heterocycles. The van der Waals surface area contributed by atoms with Gasteiger partial charge >= 0.3 is 5.97 Å². The van der Waals surface area contributed by atoms with Crippen LogP contribution in [0.3, 0.4) is 0 Å². The fourth-order valence-electron chi connectivity index (χ4n) is 1.34. The highest BCUT2D eigenvalue weighted by molar-refractivity contribution is 5.73. The van der Waals surface area contributed by atoms with Gasteiger partial charge in [0.15, 0.2) is 6.10 Å². The third-order valence-corrected chi connectivity index (χ3v) is 2.14. The van der Waals surface area contributed by atoms with Crippen molar-refractivity contribution < 1.29 is 24.9 Å². The molecule has 5 nitrogen and oxygen atoms in total. The Labute approximate surface area is 69.6 Å². The summed E-state index contributed by atoms with van der Waals surface area (Å²) in [7, 11) is 0. The van der Waals surface area contributed by atoms with Crippen LogP contribution in [0.4, 0.5) is 0 Å². The van der Waals surface area contributed by atoms with Crippen LogP contribution in [-0.2, 0) is 9.53 Å². The number of carboxylic acid groups (broad SMARTS) is 1. The van der Waals surface area contributed by atoms with E-state index in [0.29, 0.717) is 0 Å². The second-order valence-electron chi connectivity index (χ2n) is 2.97. The zero-order valence-corrected chi connectivity index (χ0v) is 6.67. The monoisotopic (exact) mass is 176 g/mol. The van der Waals surface area contributed by atoms with Crippen LogP contribution in [0.25, 0.3) is 0 Å². The molecule has 12 heavy (non-hydrogen) atoms. The molecule has 1 rings (SSSR count). The van der Waals surface area contributed by atoms with Crippen LogP contribution in [-0.4, -0.2) is 46.2 Å². The Morgan fingerprint density at radius 1 is 1.58 bits per heavy atom. The topological polar surface area (TPSA) is 87.0 Å². The zero-order valence-electron chi connectivity index (χ0n) is 6.67. The lowest BCUT2D eigenvalue weighted by Crippen LogP contribution is -2.29. The summed E-state index contributed by atoms with van der Waals surface area (Å²) in [5.74, 6) is -1.57. The summed E-state index contributed by atoms with van der Waals surface area (Å²) in [4.78, 5) is 10.5. The molecule has 1 heterocycles. The van der Waals surface area contributed by atoms with E-state index >= 15 is 0 Å². The van der Waals surface area contributed by atoms with Gasteiger partial charge in [-0.05, 0) is 0 Å². The maximum atomic E-state index is 10.5. The molecule has 0 bridgehead atoms. The van der Waals surface area contributed by atoms with Crippen molar-refractivity contribution in [1.29, 1.82) is 0 Å². The minimum atomic E-state index is -1.10. The van der Waals surface area contributed by atoms with Crippen molar-refractivity contribution in [2.45, 2.75) is 25.2 Å². The highest BCUT2D eigenvalue weighted by atomic mass is 16.6. The molecular weight excluding hydrogens is 164 g/mol. The number of carboxylic acids is 1. The number of carbonyl (C=O) groups is 1. The van der Waals surface area contributed by atoms with E-state index in [-0.39, 0.29) is 6.61 Å². The van der Waals surface area contributed by atoms with Gasteiger partial charge in [0.05, 0.1) is 12.7 Å². The van der Waals surface area contributed by atoms with Crippen LogP contribution < -0.4 is 0 Å². The first-order chi connectivity index (χ1) is 5.57. The summed E-state index contributed by atoms with van der Waals surface area (Å²) in [5.41, 5.74) is 0. The van der Waals surface area contributed by atoms with Gasteiger partial charge in [-0.15, -0.1) is 0 Å². The van der Waals surface area contributed by atoms with Crippen molar-refractivity contribution in [1.82, 2.24) is 0 Å². The standard InChI is InChI=1S/C7H12O5/c1-3-5(9)4(2-8)12-6(3)7(10)11/h3-6,8-9H,2H2,1H3,(H,10,11)/t3?,4-,5-,6+/m1/s1. The number of rotatable bonds is 2. The van der Waals surface area contributed by atoms with Crippen molar-refractivity contribution in [2.75, 3.05) is 6.61 Å². The Balaban J connectivity index is 2.66. The fraction of sp³-hybridized carbons (Fsp3) is 0.857. The number of hydrogen-bond donors (Lipinski definition) is 3.